The van der Waals surface area contributed by atoms with Crippen LogP contribution in [-0.2, 0) is 0 Å². The van der Waals surface area contributed by atoms with Gasteiger partial charge in [-0.2, -0.15) is 0 Å². The van der Waals surface area contributed by atoms with Crippen LogP contribution in [0.25, 0.3) is 5.70 Å². The summed E-state index contributed by atoms with van der Waals surface area (Å²) in [7, 11) is 1.00. The number of allylic oxidation sites excluding steroid dienone is 2. The number of rotatable bonds is 11. The first-order valence-electron chi connectivity index (χ1n) is 18.1. The maximum Gasteiger partial charge on any atom is 0.138 e. The summed E-state index contributed by atoms with van der Waals surface area (Å²) in [5, 5.41) is 10.4. The Morgan fingerprint density at radius 1 is 1.02 bits per heavy atom. The van der Waals surface area contributed by atoms with E-state index in [-0.39, 0.29) is 15.5 Å². The van der Waals surface area contributed by atoms with Crippen molar-refractivity contribution in [2.24, 2.45) is 15.4 Å². The molecule has 0 saturated carbocycles. The molecule has 52 heavy (non-hydrogen) atoms. The predicted molar refractivity (Wildman–Crippen MR) is 231 cm³/mol. The van der Waals surface area contributed by atoms with Crippen LogP contribution in [0.1, 0.15) is 87.3 Å². The van der Waals surface area contributed by atoms with E-state index in [4.69, 9.17) is 15.8 Å². The van der Waals surface area contributed by atoms with E-state index in [0.717, 1.165) is 101 Å². The number of nitrogen functional groups attached to an aromatic ring is 1. The molecule has 1 aliphatic heterocycles. The fourth-order valence-electron chi connectivity index (χ4n) is 5.21. The summed E-state index contributed by atoms with van der Waals surface area (Å²) < 4.78 is 12.6. The summed E-state index contributed by atoms with van der Waals surface area (Å²) in [6.07, 6.45) is 10.6. The summed E-state index contributed by atoms with van der Waals surface area (Å²) in [5.74, 6) is 0.614. The number of aliphatic hydroxyl groups is 1. The number of nitrogens with two attached hydrogens (primary N) is 1. The molecule has 6 nitrogen and oxygen atoms in total. The highest BCUT2D eigenvalue weighted by molar-refractivity contribution is 6.04. The number of amidine groups is 1. The van der Waals surface area contributed by atoms with Crippen LogP contribution in [0.4, 0.5) is 21.5 Å². The molecule has 0 saturated heterocycles. The van der Waals surface area contributed by atoms with E-state index >= 15 is 0 Å². The van der Waals surface area contributed by atoms with Gasteiger partial charge in [0.25, 0.3) is 0 Å². The zero-order valence-corrected chi connectivity index (χ0v) is 33.1. The lowest BCUT2D eigenvalue weighted by Gasteiger charge is -2.24. The highest BCUT2D eigenvalue weighted by Gasteiger charge is 2.19. The second kappa shape index (κ2) is 21.4. The molecule has 284 valence electrons. The number of halogens is 1. The minimum Gasteiger partial charge on any atom is -0.400 e. The largest absolute Gasteiger partial charge is 0.400 e. The van der Waals surface area contributed by atoms with Crippen molar-refractivity contribution in [2.45, 2.75) is 81.6 Å². The fourth-order valence-corrected chi connectivity index (χ4v) is 5.21. The van der Waals surface area contributed by atoms with Gasteiger partial charge in [-0.3, -0.25) is 4.99 Å². The molecular weight excluding hydrogens is 646 g/mol. The van der Waals surface area contributed by atoms with E-state index in [1.165, 1.54) is 11.8 Å². The van der Waals surface area contributed by atoms with E-state index in [2.05, 4.69) is 106 Å². The normalized spacial score (nSPS) is 13.0. The molecule has 0 radical (unpaired) electrons. The average Bonchev–Trinajstić information content (AvgIpc) is 3.36. The van der Waals surface area contributed by atoms with Gasteiger partial charge in [0.15, 0.2) is 0 Å². The lowest BCUT2D eigenvalue weighted by Crippen LogP contribution is -2.24. The van der Waals surface area contributed by atoms with Crippen LogP contribution < -0.4 is 16.0 Å². The average molecular weight is 712 g/mol. The molecule has 4 N–H and O–H groups in total. The van der Waals surface area contributed by atoms with Crippen molar-refractivity contribution in [3.63, 3.8) is 0 Å². The molecule has 0 bridgehead atoms. The molecule has 0 atom stereocenters. The molecule has 0 aromatic heterocycles. The van der Waals surface area contributed by atoms with Crippen molar-refractivity contribution < 1.29 is 13.8 Å². The number of aliphatic hydroxyl groups excluding tert-OH is 1. The Morgan fingerprint density at radius 2 is 1.69 bits per heavy atom. The number of aryl methyl sites for hydroxylation is 1. The molecule has 1 aliphatic rings. The Bertz CT molecular complexity index is 1810. The van der Waals surface area contributed by atoms with E-state index in [1.807, 2.05) is 49.6 Å². The number of hydrogen-bond acceptors (Lipinski definition) is 6. The number of hydrogen-bond donors (Lipinski definition) is 3. The number of anilines is 3. The molecule has 3 aromatic carbocycles. The van der Waals surface area contributed by atoms with Crippen LogP contribution in [-0.4, -0.2) is 36.9 Å². The van der Waals surface area contributed by atoms with Crippen molar-refractivity contribution >= 4 is 34.3 Å². The van der Waals surface area contributed by atoms with Crippen molar-refractivity contribution in [2.75, 3.05) is 36.1 Å². The fraction of sp³-hybridized carbons (Fsp3) is 0.356. The standard InChI is InChI=1S/C36H47N5.C8H9F.CH4O.3H2/c1-9-12-25-41(24-10-2)30-19-17-29(18-20-30)40-34-21-16-28(22-23-38-34)31(11-3)35(39-27(5)36(6,7)8)32-14-13-15-33(37)26(32)4;1-6-4-3-5-8(9)7(6)2;1-2;;;/h9,13-15,17-23H,1,10-12,24-25,37H2,2-8H3,(H,38,40);3-5H,1-2H3;2H,1H3;3*1H/b35-31+,39-27?;;;;;. The van der Waals surface area contributed by atoms with Crippen LogP contribution in [0.5, 0.6) is 0 Å². The van der Waals surface area contributed by atoms with Gasteiger partial charge in [-0.1, -0.05) is 65.0 Å². The molecule has 3 aromatic rings. The summed E-state index contributed by atoms with van der Waals surface area (Å²) in [5.41, 5.74) is 20.6. The highest BCUT2D eigenvalue weighted by atomic mass is 19.1. The van der Waals surface area contributed by atoms with Crippen LogP contribution in [0.15, 0.2) is 119 Å². The van der Waals surface area contributed by atoms with E-state index in [0.29, 0.717) is 0 Å². The Kier molecular flexibility index (Phi) is 17.8. The smallest absolute Gasteiger partial charge is 0.138 e. The molecule has 0 amide bonds. The Hall–Kier alpha value is -4.97. The number of benzene rings is 3. The van der Waals surface area contributed by atoms with E-state index in [1.54, 1.807) is 13.0 Å². The Morgan fingerprint density at radius 3 is 2.27 bits per heavy atom. The number of nitrogens with one attached hydrogen (secondary N) is 1. The van der Waals surface area contributed by atoms with Crippen molar-refractivity contribution in [3.8, 4) is 0 Å². The van der Waals surface area contributed by atoms with Gasteiger partial charge in [0.2, 0.25) is 0 Å². The van der Waals surface area contributed by atoms with Gasteiger partial charge >= 0.3 is 0 Å². The predicted octanol–water partition coefficient (Wildman–Crippen LogP) is 11.9. The third-order valence-electron chi connectivity index (χ3n) is 8.92. The first kappa shape index (κ1) is 43.2. The zero-order chi connectivity index (χ0) is 38.8. The van der Waals surface area contributed by atoms with Gasteiger partial charge in [0.1, 0.15) is 11.7 Å². The summed E-state index contributed by atoms with van der Waals surface area (Å²) >= 11 is 0. The van der Waals surface area contributed by atoms with E-state index < -0.39 is 0 Å². The summed E-state index contributed by atoms with van der Waals surface area (Å²) in [6, 6.07) is 19.7. The molecule has 0 unspecified atom stereocenters. The van der Waals surface area contributed by atoms with Gasteiger partial charge in [0.05, 0.1) is 5.70 Å². The molecule has 4 rings (SSSR count). The maximum absolute atomic E-state index is 12.6. The Labute approximate surface area is 317 Å². The molecule has 7 heteroatoms. The lowest BCUT2D eigenvalue weighted by atomic mass is 9.90. The summed E-state index contributed by atoms with van der Waals surface area (Å²) in [4.78, 5) is 12.3. The van der Waals surface area contributed by atoms with Crippen molar-refractivity contribution in [3.05, 3.63) is 137 Å². The van der Waals surface area contributed by atoms with Crippen LogP contribution in [0, 0.1) is 32.0 Å². The maximum atomic E-state index is 12.6. The molecule has 0 aliphatic carbocycles. The third kappa shape index (κ3) is 12.7. The van der Waals surface area contributed by atoms with Crippen molar-refractivity contribution in [1.29, 1.82) is 0 Å². The number of nitrogens with zero attached hydrogens (tertiary/aromatic N) is 3. The van der Waals surface area contributed by atoms with Gasteiger partial charge in [-0.15, -0.1) is 12.3 Å². The SMILES string of the molecule is C=CCCN(CCC)c1ccc(NC2=NC=CC(/C(CC)=C(/N=C(C)C(C)(C)C)c3cccc(N)c3C)=C=C2)cc1.CO.Cc1cccc(F)c1C.[HH].[HH].[HH]. The summed E-state index contributed by atoms with van der Waals surface area (Å²) in [6.45, 7) is 24.6. The second-order valence-electron chi connectivity index (χ2n) is 13.6. The van der Waals surface area contributed by atoms with Crippen LogP contribution in [0.3, 0.4) is 0 Å². The highest BCUT2D eigenvalue weighted by Crippen LogP contribution is 2.34. The van der Waals surface area contributed by atoms with Gasteiger partial charge in [-0.05, 0) is 117 Å². The monoisotopic (exact) mass is 712 g/mol. The van der Waals surface area contributed by atoms with Gasteiger partial charge < -0.3 is 21.1 Å². The second-order valence-corrected chi connectivity index (χ2v) is 13.6. The minimum absolute atomic E-state index is 0. The first-order valence-corrected chi connectivity index (χ1v) is 18.1. The minimum atomic E-state index is -0.116. The first-order chi connectivity index (χ1) is 24.8. The topological polar surface area (TPSA) is 86.2 Å². The molecule has 0 spiro atoms. The van der Waals surface area contributed by atoms with Crippen LogP contribution in [0.2, 0.25) is 0 Å². The van der Waals surface area contributed by atoms with Gasteiger partial charge in [0, 0.05) is 70.7 Å². The lowest BCUT2D eigenvalue weighted by molar-refractivity contribution is 0.399. The van der Waals surface area contributed by atoms with Crippen LogP contribution >= 0.6 is 0 Å². The molecular formula is C45H66FN5O. The molecule has 1 heterocycles. The molecule has 0 fully saturated rings. The van der Waals surface area contributed by atoms with E-state index in [9.17, 15) is 4.39 Å². The third-order valence-corrected chi connectivity index (χ3v) is 8.92. The zero-order valence-electron chi connectivity index (χ0n) is 33.1. The quantitative estimate of drug-likeness (QED) is 0.0800. The Balaban J connectivity index is 0. The van der Waals surface area contributed by atoms with Crippen molar-refractivity contribution in [1.82, 2.24) is 0 Å². The van der Waals surface area contributed by atoms with Gasteiger partial charge in [-0.25, -0.2) is 9.38 Å². The number of aliphatic imine (C=N–C) groups is 2.